The molecule has 0 atom stereocenters. The van der Waals surface area contributed by atoms with Gasteiger partial charge in [-0.15, -0.1) is 0 Å². The Hall–Kier alpha value is -2.42. The Bertz CT molecular complexity index is 875. The fourth-order valence-electron chi connectivity index (χ4n) is 4.07. The summed E-state index contributed by atoms with van der Waals surface area (Å²) in [6, 6.07) is 0. The maximum absolute atomic E-state index is 11.0. The van der Waals surface area contributed by atoms with Crippen LogP contribution in [-0.2, 0) is 9.59 Å². The molecule has 0 aliphatic carbocycles. The van der Waals surface area contributed by atoms with E-state index in [9.17, 15) is 9.59 Å². The van der Waals surface area contributed by atoms with Crippen LogP contribution in [0, 0.1) is 0 Å². The van der Waals surface area contributed by atoms with Gasteiger partial charge in [0.15, 0.2) is 0 Å². The lowest BCUT2D eigenvalue weighted by Gasteiger charge is -2.04. The Morgan fingerprint density at radius 1 is 0.432 bits per heavy atom. The van der Waals surface area contributed by atoms with E-state index in [0.29, 0.717) is 6.42 Å². The monoisotopic (exact) mass is 510 g/mol. The molecule has 0 aliphatic rings. The molecule has 0 aromatic carbocycles. The summed E-state index contributed by atoms with van der Waals surface area (Å²) in [5.41, 5.74) is 8.10. The van der Waals surface area contributed by atoms with Gasteiger partial charge in [-0.1, -0.05) is 69.9 Å². The zero-order valence-electron chi connectivity index (χ0n) is 24.9. The molecule has 0 bridgehead atoms. The smallest absolute Gasteiger partial charge is 0.307 e. The van der Waals surface area contributed by atoms with E-state index in [-0.39, 0.29) is 12.2 Å². The topological polar surface area (TPSA) is 54.4 Å². The molecule has 37 heavy (non-hydrogen) atoms. The first-order valence-electron chi connectivity index (χ1n) is 14.1. The van der Waals surface area contributed by atoms with Gasteiger partial charge in [-0.05, 0) is 119 Å². The van der Waals surface area contributed by atoms with E-state index in [0.717, 1.165) is 76.2 Å². The van der Waals surface area contributed by atoms with E-state index in [1.807, 2.05) is 13.0 Å². The Kier molecular flexibility index (Phi) is 20.2. The van der Waals surface area contributed by atoms with Crippen LogP contribution in [0.5, 0.6) is 0 Å². The zero-order valence-corrected chi connectivity index (χ0v) is 24.9. The zero-order chi connectivity index (χ0) is 28.1. The van der Waals surface area contributed by atoms with E-state index in [4.69, 9.17) is 5.11 Å². The summed E-state index contributed by atoms with van der Waals surface area (Å²) in [7, 11) is 0. The molecule has 0 aromatic heterocycles. The van der Waals surface area contributed by atoms with Crippen LogP contribution in [0.25, 0.3) is 0 Å². The number of hydrogen-bond acceptors (Lipinski definition) is 2. The largest absolute Gasteiger partial charge is 0.481 e. The average molecular weight is 511 g/mol. The Labute approximate surface area is 228 Å². The lowest BCUT2D eigenvalue weighted by molar-refractivity contribution is -0.136. The summed E-state index contributed by atoms with van der Waals surface area (Å²) in [5, 5.41) is 8.81. The molecule has 0 spiro atoms. The van der Waals surface area contributed by atoms with Crippen molar-refractivity contribution < 1.29 is 14.7 Å². The third-order valence-corrected chi connectivity index (χ3v) is 6.58. The molecule has 0 amide bonds. The van der Waals surface area contributed by atoms with Crippen molar-refractivity contribution in [2.75, 3.05) is 0 Å². The number of Topliss-reactive ketones (excluding diaryl/α,β-unsaturated/α-hetero) is 1. The minimum atomic E-state index is -0.759. The first-order valence-corrected chi connectivity index (χ1v) is 14.1. The molecule has 0 fully saturated rings. The van der Waals surface area contributed by atoms with Crippen LogP contribution in [0.1, 0.15) is 132 Å². The maximum Gasteiger partial charge on any atom is 0.307 e. The Balaban J connectivity index is 4.16. The van der Waals surface area contributed by atoms with Gasteiger partial charge in [0.1, 0.15) is 5.78 Å². The molecule has 0 saturated carbocycles. The van der Waals surface area contributed by atoms with E-state index in [2.05, 4.69) is 65.0 Å². The van der Waals surface area contributed by atoms with Crippen molar-refractivity contribution in [3.63, 3.8) is 0 Å². The van der Waals surface area contributed by atoms with E-state index < -0.39 is 5.97 Å². The molecule has 0 saturated heterocycles. The summed E-state index contributed by atoms with van der Waals surface area (Å²) in [6.45, 7) is 14.6. The van der Waals surface area contributed by atoms with Crippen LogP contribution in [0.15, 0.2) is 69.9 Å². The lowest BCUT2D eigenvalue weighted by Crippen LogP contribution is -1.94. The summed E-state index contributed by atoms with van der Waals surface area (Å²) in [5.74, 6) is -0.494. The minimum absolute atomic E-state index is 0.140. The van der Waals surface area contributed by atoms with Crippen molar-refractivity contribution in [3.05, 3.63) is 69.9 Å². The number of allylic oxidation sites excluding steroid dienone is 11. The fraction of sp³-hybridized carbons (Fsp3) is 0.588. The van der Waals surface area contributed by atoms with Crippen LogP contribution >= 0.6 is 0 Å². The fourth-order valence-corrected chi connectivity index (χ4v) is 4.07. The molecule has 208 valence electrons. The third kappa shape index (κ3) is 23.7. The number of carboxylic acids is 1. The van der Waals surface area contributed by atoms with Crippen molar-refractivity contribution in [1.29, 1.82) is 0 Å². The van der Waals surface area contributed by atoms with Gasteiger partial charge in [0.2, 0.25) is 0 Å². The number of ketones is 1. The molecule has 0 heterocycles. The highest BCUT2D eigenvalue weighted by molar-refractivity contribution is 5.75. The summed E-state index contributed by atoms with van der Waals surface area (Å²) >= 11 is 0. The van der Waals surface area contributed by atoms with Gasteiger partial charge in [0.25, 0.3) is 0 Å². The SMILES string of the molecule is CC(=O)CCC=C(C)CCC=C(C)CCC=C(C)CCC=C(C)CCC=C(C)CCC=C(C)CC(=O)O. The van der Waals surface area contributed by atoms with Gasteiger partial charge in [0, 0.05) is 6.42 Å². The van der Waals surface area contributed by atoms with E-state index >= 15 is 0 Å². The molecular weight excluding hydrogens is 456 g/mol. The predicted octanol–water partition coefficient (Wildman–Crippen LogP) is 10.4. The molecule has 1 N–H and O–H groups in total. The summed E-state index contributed by atoms with van der Waals surface area (Å²) in [6.07, 6.45) is 26.1. The summed E-state index contributed by atoms with van der Waals surface area (Å²) in [4.78, 5) is 21.7. The normalized spacial score (nSPS) is 14.4. The number of carbonyl (C=O) groups is 2. The molecular formula is C34H54O3. The van der Waals surface area contributed by atoms with Gasteiger partial charge < -0.3 is 9.90 Å². The highest BCUT2D eigenvalue weighted by Crippen LogP contribution is 2.16. The first kappa shape index (κ1) is 34.6. The van der Waals surface area contributed by atoms with Gasteiger partial charge in [-0.2, -0.15) is 0 Å². The van der Waals surface area contributed by atoms with Crippen molar-refractivity contribution in [2.45, 2.75) is 132 Å². The molecule has 0 unspecified atom stereocenters. The number of aliphatic carboxylic acids is 1. The second-order valence-electron chi connectivity index (χ2n) is 10.8. The van der Waals surface area contributed by atoms with Gasteiger partial charge >= 0.3 is 5.97 Å². The quantitative estimate of drug-likeness (QED) is 0.166. The third-order valence-electron chi connectivity index (χ3n) is 6.58. The second-order valence-corrected chi connectivity index (χ2v) is 10.8. The van der Waals surface area contributed by atoms with Crippen LogP contribution in [0.2, 0.25) is 0 Å². The average Bonchev–Trinajstić information content (AvgIpc) is 2.78. The Morgan fingerprint density at radius 2 is 0.676 bits per heavy atom. The van der Waals surface area contributed by atoms with Crippen LogP contribution in [-0.4, -0.2) is 16.9 Å². The van der Waals surface area contributed by atoms with Crippen LogP contribution in [0.4, 0.5) is 0 Å². The van der Waals surface area contributed by atoms with Crippen molar-refractivity contribution in [2.24, 2.45) is 0 Å². The van der Waals surface area contributed by atoms with Gasteiger partial charge in [-0.25, -0.2) is 0 Å². The Morgan fingerprint density at radius 3 is 0.919 bits per heavy atom. The standard InChI is InChI=1S/C34H54O3/c1-27(15-9-17-29(3)19-11-21-31(5)23-13-25-33(7)35)14-8-16-28(2)18-10-20-30(4)22-12-24-32(6)26-34(36)37/h15-16,19-20,23-24H,8-14,17-18,21-22,25-26H2,1-7H3,(H,36,37). The molecule has 0 aliphatic heterocycles. The van der Waals surface area contributed by atoms with E-state index in [1.165, 1.54) is 27.9 Å². The number of carbonyl (C=O) groups excluding carboxylic acids is 1. The van der Waals surface area contributed by atoms with Crippen molar-refractivity contribution in [1.82, 2.24) is 0 Å². The minimum Gasteiger partial charge on any atom is -0.481 e. The lowest BCUT2D eigenvalue weighted by atomic mass is 10.0. The molecule has 3 nitrogen and oxygen atoms in total. The highest BCUT2D eigenvalue weighted by atomic mass is 16.4. The maximum atomic E-state index is 11.0. The molecule has 0 rings (SSSR count). The molecule has 0 radical (unpaired) electrons. The van der Waals surface area contributed by atoms with E-state index in [1.54, 1.807) is 6.92 Å². The van der Waals surface area contributed by atoms with Crippen molar-refractivity contribution in [3.8, 4) is 0 Å². The number of carboxylic acid groups (broad SMARTS) is 1. The first-order chi connectivity index (χ1) is 17.5. The summed E-state index contributed by atoms with van der Waals surface area (Å²) < 4.78 is 0. The number of hydrogen-bond donors (Lipinski definition) is 1. The van der Waals surface area contributed by atoms with Gasteiger partial charge in [-0.3, -0.25) is 4.79 Å². The second kappa shape index (κ2) is 21.6. The van der Waals surface area contributed by atoms with Crippen LogP contribution in [0.3, 0.4) is 0 Å². The number of rotatable bonds is 20. The van der Waals surface area contributed by atoms with Crippen LogP contribution < -0.4 is 0 Å². The molecule has 3 heteroatoms. The highest BCUT2D eigenvalue weighted by Gasteiger charge is 1.98. The predicted molar refractivity (Wildman–Crippen MR) is 161 cm³/mol. The van der Waals surface area contributed by atoms with Crippen molar-refractivity contribution >= 4 is 11.8 Å². The van der Waals surface area contributed by atoms with Gasteiger partial charge in [0.05, 0.1) is 6.42 Å². The molecule has 0 aromatic rings.